The lowest BCUT2D eigenvalue weighted by Crippen LogP contribution is -2.34. The van der Waals surface area contributed by atoms with E-state index in [0.29, 0.717) is 12.1 Å². The molecular weight excluding hydrogens is 290 g/mol. The van der Waals surface area contributed by atoms with E-state index < -0.39 is 0 Å². The Morgan fingerprint density at radius 1 is 1.26 bits per heavy atom. The quantitative estimate of drug-likeness (QED) is 0.944. The van der Waals surface area contributed by atoms with Crippen molar-refractivity contribution in [2.45, 2.75) is 26.4 Å². The number of fused-ring (bicyclic) bond motifs is 1. The Hall–Kier alpha value is -2.49. The third-order valence-electron chi connectivity index (χ3n) is 4.13. The molecule has 0 radical (unpaired) electrons. The van der Waals surface area contributed by atoms with Gasteiger partial charge in [0, 0.05) is 17.5 Å². The van der Waals surface area contributed by atoms with Gasteiger partial charge in [-0.15, -0.1) is 0 Å². The first-order chi connectivity index (χ1) is 11.1. The zero-order valence-electron chi connectivity index (χ0n) is 13.7. The van der Waals surface area contributed by atoms with Gasteiger partial charge in [-0.1, -0.05) is 17.7 Å². The number of aryl methyl sites for hydroxylation is 2. The number of carbonyl (C=O) groups is 1. The predicted octanol–water partition coefficient (Wildman–Crippen LogP) is 3.05. The fourth-order valence-corrected chi connectivity index (χ4v) is 2.91. The molecule has 120 valence electrons. The maximum absolute atomic E-state index is 12.3. The Labute approximate surface area is 136 Å². The second kappa shape index (κ2) is 6.32. The zero-order valence-corrected chi connectivity index (χ0v) is 13.7. The lowest BCUT2D eigenvalue weighted by molar-refractivity contribution is 0.0933. The van der Waals surface area contributed by atoms with Gasteiger partial charge < -0.3 is 14.8 Å². The molecule has 4 heteroatoms. The molecule has 3 rings (SSSR count). The fraction of sp³-hybridized carbons (Fsp3) is 0.316. The number of carbonyl (C=O) groups excluding carboxylic acids is 1. The molecule has 2 aromatic carbocycles. The summed E-state index contributed by atoms with van der Waals surface area (Å²) in [4.78, 5) is 12.3. The highest BCUT2D eigenvalue weighted by atomic mass is 16.5. The van der Waals surface area contributed by atoms with E-state index in [1.54, 1.807) is 7.11 Å². The molecule has 1 heterocycles. The van der Waals surface area contributed by atoms with Crippen molar-refractivity contribution in [2.75, 3.05) is 13.7 Å². The van der Waals surface area contributed by atoms with Crippen LogP contribution < -0.4 is 14.8 Å². The van der Waals surface area contributed by atoms with Gasteiger partial charge in [0.05, 0.1) is 13.7 Å². The second-order valence-electron chi connectivity index (χ2n) is 5.95. The molecule has 0 aromatic heterocycles. The molecule has 0 fully saturated rings. The van der Waals surface area contributed by atoms with E-state index >= 15 is 0 Å². The molecule has 4 nitrogen and oxygen atoms in total. The molecule has 0 saturated carbocycles. The van der Waals surface area contributed by atoms with E-state index in [9.17, 15) is 4.79 Å². The first-order valence-electron chi connectivity index (χ1n) is 7.76. The Bertz CT molecular complexity index is 739. The Kier molecular flexibility index (Phi) is 4.24. The molecule has 0 saturated heterocycles. The van der Waals surface area contributed by atoms with Gasteiger partial charge >= 0.3 is 0 Å². The summed E-state index contributed by atoms with van der Waals surface area (Å²) >= 11 is 0. The Morgan fingerprint density at radius 3 is 2.83 bits per heavy atom. The van der Waals surface area contributed by atoms with Crippen LogP contribution in [0.2, 0.25) is 0 Å². The van der Waals surface area contributed by atoms with Crippen LogP contribution >= 0.6 is 0 Å². The number of benzene rings is 2. The minimum Gasteiger partial charge on any atom is -0.497 e. The number of hydrogen-bond acceptors (Lipinski definition) is 3. The molecule has 0 aliphatic carbocycles. The number of methoxy groups -OCH3 is 1. The first-order valence-corrected chi connectivity index (χ1v) is 7.76. The van der Waals surface area contributed by atoms with Crippen LogP contribution in [-0.4, -0.2) is 25.7 Å². The van der Waals surface area contributed by atoms with E-state index in [0.717, 1.165) is 34.6 Å². The molecular formula is C19H21NO3. The SMILES string of the molecule is COc1ccc2c(c1)CC(CNC(=O)c1ccc(C)cc1C)O2. The van der Waals surface area contributed by atoms with Crippen LogP contribution in [0.4, 0.5) is 0 Å². The second-order valence-corrected chi connectivity index (χ2v) is 5.95. The summed E-state index contributed by atoms with van der Waals surface area (Å²) in [5.41, 5.74) is 3.98. The summed E-state index contributed by atoms with van der Waals surface area (Å²) < 4.78 is 11.1. The summed E-state index contributed by atoms with van der Waals surface area (Å²) in [5, 5.41) is 2.97. The minimum atomic E-state index is -0.0559. The maximum Gasteiger partial charge on any atom is 0.251 e. The Morgan fingerprint density at radius 2 is 2.09 bits per heavy atom. The summed E-state index contributed by atoms with van der Waals surface area (Å²) in [5.74, 6) is 1.64. The monoisotopic (exact) mass is 311 g/mol. The van der Waals surface area contributed by atoms with Crippen molar-refractivity contribution in [1.29, 1.82) is 0 Å². The molecule has 0 bridgehead atoms. The maximum atomic E-state index is 12.3. The van der Waals surface area contributed by atoms with Crippen LogP contribution in [0.25, 0.3) is 0 Å². The third-order valence-corrected chi connectivity index (χ3v) is 4.13. The molecule has 1 atom stereocenters. The van der Waals surface area contributed by atoms with Crippen LogP contribution in [0.5, 0.6) is 11.5 Å². The van der Waals surface area contributed by atoms with E-state index in [-0.39, 0.29) is 12.0 Å². The molecule has 1 aliphatic rings. The van der Waals surface area contributed by atoms with E-state index in [1.165, 1.54) is 0 Å². The van der Waals surface area contributed by atoms with Crippen molar-refractivity contribution in [3.05, 3.63) is 58.7 Å². The molecule has 1 N–H and O–H groups in total. The average molecular weight is 311 g/mol. The van der Waals surface area contributed by atoms with Gasteiger partial charge in [-0.2, -0.15) is 0 Å². The van der Waals surface area contributed by atoms with Crippen molar-refractivity contribution in [3.8, 4) is 11.5 Å². The minimum absolute atomic E-state index is 0.0354. The van der Waals surface area contributed by atoms with Gasteiger partial charge in [0.25, 0.3) is 5.91 Å². The average Bonchev–Trinajstić information content (AvgIpc) is 2.94. The lowest BCUT2D eigenvalue weighted by Gasteiger charge is -2.13. The molecule has 1 amide bonds. The Balaban J connectivity index is 1.60. The highest BCUT2D eigenvalue weighted by Gasteiger charge is 2.24. The number of rotatable bonds is 4. The van der Waals surface area contributed by atoms with Gasteiger partial charge in [0.2, 0.25) is 0 Å². The smallest absolute Gasteiger partial charge is 0.251 e. The third kappa shape index (κ3) is 3.31. The summed E-state index contributed by atoms with van der Waals surface area (Å²) in [7, 11) is 1.65. The normalized spacial score (nSPS) is 15.7. The van der Waals surface area contributed by atoms with Gasteiger partial charge in [0.15, 0.2) is 0 Å². The summed E-state index contributed by atoms with van der Waals surface area (Å²) in [6, 6.07) is 11.6. The zero-order chi connectivity index (χ0) is 16.4. The molecule has 2 aromatic rings. The molecule has 1 aliphatic heterocycles. The summed E-state index contributed by atoms with van der Waals surface area (Å²) in [6.07, 6.45) is 0.742. The van der Waals surface area contributed by atoms with Crippen LogP contribution in [0.15, 0.2) is 36.4 Å². The van der Waals surface area contributed by atoms with E-state index in [1.807, 2.05) is 50.2 Å². The van der Waals surface area contributed by atoms with Crippen LogP contribution in [-0.2, 0) is 6.42 Å². The standard InChI is InChI=1S/C19H21NO3/c1-12-4-6-17(13(2)8-12)19(21)20-11-16-10-14-9-15(22-3)5-7-18(14)23-16/h4-9,16H,10-11H2,1-3H3,(H,20,21). The van der Waals surface area contributed by atoms with E-state index in [2.05, 4.69) is 5.32 Å². The van der Waals surface area contributed by atoms with Gasteiger partial charge in [0.1, 0.15) is 17.6 Å². The highest BCUT2D eigenvalue weighted by Crippen LogP contribution is 2.31. The van der Waals surface area contributed by atoms with Crippen molar-refractivity contribution < 1.29 is 14.3 Å². The molecule has 0 spiro atoms. The number of hydrogen-bond donors (Lipinski definition) is 1. The van der Waals surface area contributed by atoms with Crippen molar-refractivity contribution in [2.24, 2.45) is 0 Å². The van der Waals surface area contributed by atoms with Crippen LogP contribution in [0, 0.1) is 13.8 Å². The molecule has 1 unspecified atom stereocenters. The largest absolute Gasteiger partial charge is 0.497 e. The van der Waals surface area contributed by atoms with Gasteiger partial charge in [-0.05, 0) is 43.7 Å². The van der Waals surface area contributed by atoms with Crippen molar-refractivity contribution in [3.63, 3.8) is 0 Å². The highest BCUT2D eigenvalue weighted by molar-refractivity contribution is 5.95. The summed E-state index contributed by atoms with van der Waals surface area (Å²) in [6.45, 7) is 4.46. The fourth-order valence-electron chi connectivity index (χ4n) is 2.91. The molecule has 23 heavy (non-hydrogen) atoms. The van der Waals surface area contributed by atoms with Crippen molar-refractivity contribution >= 4 is 5.91 Å². The van der Waals surface area contributed by atoms with Crippen LogP contribution in [0.3, 0.4) is 0 Å². The first kappa shape index (κ1) is 15.4. The number of amides is 1. The van der Waals surface area contributed by atoms with Crippen molar-refractivity contribution in [1.82, 2.24) is 5.32 Å². The predicted molar refractivity (Wildman–Crippen MR) is 89.4 cm³/mol. The topological polar surface area (TPSA) is 47.6 Å². The number of nitrogens with one attached hydrogen (secondary N) is 1. The lowest BCUT2D eigenvalue weighted by atomic mass is 10.0. The van der Waals surface area contributed by atoms with Gasteiger partial charge in [-0.3, -0.25) is 4.79 Å². The van der Waals surface area contributed by atoms with E-state index in [4.69, 9.17) is 9.47 Å². The number of ether oxygens (including phenoxy) is 2. The van der Waals surface area contributed by atoms with Gasteiger partial charge in [-0.25, -0.2) is 0 Å². The van der Waals surface area contributed by atoms with Crippen LogP contribution in [0.1, 0.15) is 27.0 Å².